The molecule has 82 valence electrons. The van der Waals surface area contributed by atoms with Crippen molar-refractivity contribution in [3.05, 3.63) is 12.3 Å². The average Bonchev–Trinajstić information content (AvgIpc) is 2.00. The van der Waals surface area contributed by atoms with Gasteiger partial charge in [0.15, 0.2) is 0 Å². The van der Waals surface area contributed by atoms with Gasteiger partial charge in [-0.1, -0.05) is 19.9 Å². The first-order valence-electron chi connectivity index (χ1n) is 4.92. The molecular formula is C11H21NO2. The van der Waals surface area contributed by atoms with Gasteiger partial charge in [-0.25, -0.2) is 4.79 Å². The fourth-order valence-electron chi connectivity index (χ4n) is 0.916. The second-order valence-electron chi connectivity index (χ2n) is 4.36. The molecule has 0 radical (unpaired) electrons. The molecule has 0 saturated carbocycles. The molecule has 0 aliphatic carbocycles. The SMILES string of the molecule is C=C(CCC)N(C)C(=O)OC(C)(C)C. The molecule has 0 N–H and O–H groups in total. The molecule has 0 fully saturated rings. The highest BCUT2D eigenvalue weighted by Gasteiger charge is 2.20. The first kappa shape index (κ1) is 13.0. The monoisotopic (exact) mass is 199 g/mol. The fraction of sp³-hybridized carbons (Fsp3) is 0.727. The Morgan fingerprint density at radius 1 is 1.43 bits per heavy atom. The number of hydrogen-bond donors (Lipinski definition) is 0. The number of carbonyl (C=O) groups is 1. The Hall–Kier alpha value is -0.990. The smallest absolute Gasteiger partial charge is 0.414 e. The molecule has 0 atom stereocenters. The number of carbonyl (C=O) groups excluding carboxylic acids is 1. The standard InChI is InChI=1S/C11H21NO2/c1-7-8-9(2)12(6)10(13)14-11(3,4)5/h2,7-8H2,1,3-6H3. The third-order valence-electron chi connectivity index (χ3n) is 1.68. The van der Waals surface area contributed by atoms with E-state index in [1.165, 1.54) is 4.90 Å². The number of allylic oxidation sites excluding steroid dienone is 1. The first-order valence-corrected chi connectivity index (χ1v) is 4.92. The van der Waals surface area contributed by atoms with Crippen LogP contribution >= 0.6 is 0 Å². The van der Waals surface area contributed by atoms with Gasteiger partial charge in [0.2, 0.25) is 0 Å². The van der Waals surface area contributed by atoms with Crippen LogP contribution in [0.1, 0.15) is 40.5 Å². The summed E-state index contributed by atoms with van der Waals surface area (Å²) in [6, 6.07) is 0. The molecule has 0 spiro atoms. The lowest BCUT2D eigenvalue weighted by Gasteiger charge is -2.25. The Morgan fingerprint density at radius 3 is 2.29 bits per heavy atom. The lowest BCUT2D eigenvalue weighted by molar-refractivity contribution is 0.0349. The minimum Gasteiger partial charge on any atom is -0.443 e. The quantitative estimate of drug-likeness (QED) is 0.698. The normalized spacial score (nSPS) is 10.9. The van der Waals surface area contributed by atoms with Crippen molar-refractivity contribution in [3.8, 4) is 0 Å². The van der Waals surface area contributed by atoms with Crippen LogP contribution in [0, 0.1) is 0 Å². The molecule has 14 heavy (non-hydrogen) atoms. The van der Waals surface area contributed by atoms with Gasteiger partial charge in [-0.3, -0.25) is 4.90 Å². The molecule has 0 aromatic carbocycles. The van der Waals surface area contributed by atoms with Crippen LogP contribution in [-0.4, -0.2) is 23.6 Å². The average molecular weight is 199 g/mol. The summed E-state index contributed by atoms with van der Waals surface area (Å²) >= 11 is 0. The Balaban J connectivity index is 4.19. The van der Waals surface area contributed by atoms with Gasteiger partial charge in [-0.05, 0) is 27.2 Å². The Morgan fingerprint density at radius 2 is 1.93 bits per heavy atom. The molecule has 0 heterocycles. The third kappa shape index (κ3) is 4.90. The molecule has 0 aromatic heterocycles. The van der Waals surface area contributed by atoms with Crippen LogP contribution in [-0.2, 0) is 4.74 Å². The summed E-state index contributed by atoms with van der Waals surface area (Å²) in [5, 5.41) is 0. The second-order valence-corrected chi connectivity index (χ2v) is 4.36. The van der Waals surface area contributed by atoms with E-state index in [9.17, 15) is 4.79 Å². The number of nitrogens with zero attached hydrogens (tertiary/aromatic N) is 1. The lowest BCUT2D eigenvalue weighted by Crippen LogP contribution is -2.33. The first-order chi connectivity index (χ1) is 6.28. The fourth-order valence-corrected chi connectivity index (χ4v) is 0.916. The highest BCUT2D eigenvalue weighted by Crippen LogP contribution is 2.13. The molecular weight excluding hydrogens is 178 g/mol. The molecule has 0 unspecified atom stereocenters. The summed E-state index contributed by atoms with van der Waals surface area (Å²) in [6.07, 6.45) is 1.46. The van der Waals surface area contributed by atoms with E-state index in [4.69, 9.17) is 4.74 Å². The summed E-state index contributed by atoms with van der Waals surface area (Å²) in [7, 11) is 1.69. The zero-order valence-electron chi connectivity index (χ0n) is 9.89. The van der Waals surface area contributed by atoms with Gasteiger partial charge < -0.3 is 4.74 Å². The van der Waals surface area contributed by atoms with Gasteiger partial charge in [0.1, 0.15) is 5.60 Å². The molecule has 0 bridgehead atoms. The van der Waals surface area contributed by atoms with Gasteiger partial charge in [-0.15, -0.1) is 0 Å². The molecule has 0 aliphatic heterocycles. The van der Waals surface area contributed by atoms with Crippen molar-refractivity contribution in [3.63, 3.8) is 0 Å². The van der Waals surface area contributed by atoms with E-state index < -0.39 is 5.60 Å². The molecule has 0 saturated heterocycles. The number of ether oxygens (including phenoxy) is 1. The van der Waals surface area contributed by atoms with Crippen molar-refractivity contribution in [2.45, 2.75) is 46.1 Å². The van der Waals surface area contributed by atoms with Crippen LogP contribution in [0.15, 0.2) is 12.3 Å². The molecule has 3 nitrogen and oxygen atoms in total. The Kier molecular flexibility index (Phi) is 4.68. The topological polar surface area (TPSA) is 29.5 Å². The van der Waals surface area contributed by atoms with E-state index in [0.29, 0.717) is 0 Å². The summed E-state index contributed by atoms with van der Waals surface area (Å²) in [4.78, 5) is 13.0. The third-order valence-corrected chi connectivity index (χ3v) is 1.68. The second kappa shape index (κ2) is 5.03. The molecule has 0 aromatic rings. The predicted molar refractivity (Wildman–Crippen MR) is 58.0 cm³/mol. The van der Waals surface area contributed by atoms with Gasteiger partial charge in [0.25, 0.3) is 0 Å². The zero-order valence-corrected chi connectivity index (χ0v) is 9.89. The summed E-state index contributed by atoms with van der Waals surface area (Å²) < 4.78 is 5.19. The molecule has 3 heteroatoms. The van der Waals surface area contributed by atoms with E-state index in [1.807, 2.05) is 27.7 Å². The van der Waals surface area contributed by atoms with E-state index >= 15 is 0 Å². The number of hydrogen-bond acceptors (Lipinski definition) is 2. The van der Waals surface area contributed by atoms with Crippen LogP contribution in [0.4, 0.5) is 4.79 Å². The van der Waals surface area contributed by atoms with E-state index in [1.54, 1.807) is 7.05 Å². The van der Waals surface area contributed by atoms with Gasteiger partial charge in [-0.2, -0.15) is 0 Å². The number of amides is 1. The van der Waals surface area contributed by atoms with E-state index in [-0.39, 0.29) is 6.09 Å². The van der Waals surface area contributed by atoms with Crippen molar-refractivity contribution in [1.82, 2.24) is 4.90 Å². The predicted octanol–water partition coefficient (Wildman–Crippen LogP) is 3.17. The highest BCUT2D eigenvalue weighted by molar-refractivity contribution is 5.69. The van der Waals surface area contributed by atoms with Crippen molar-refractivity contribution >= 4 is 6.09 Å². The summed E-state index contributed by atoms with van der Waals surface area (Å²) in [5.41, 5.74) is 0.347. The van der Waals surface area contributed by atoms with E-state index in [0.717, 1.165) is 18.5 Å². The van der Waals surface area contributed by atoms with Crippen molar-refractivity contribution < 1.29 is 9.53 Å². The maximum Gasteiger partial charge on any atom is 0.414 e. The largest absolute Gasteiger partial charge is 0.443 e. The van der Waals surface area contributed by atoms with E-state index in [2.05, 4.69) is 6.58 Å². The zero-order chi connectivity index (χ0) is 11.4. The van der Waals surface area contributed by atoms with Crippen molar-refractivity contribution in [1.29, 1.82) is 0 Å². The number of rotatable bonds is 3. The van der Waals surface area contributed by atoms with Crippen LogP contribution in [0.2, 0.25) is 0 Å². The maximum atomic E-state index is 11.5. The minimum atomic E-state index is -0.447. The van der Waals surface area contributed by atoms with Crippen molar-refractivity contribution in [2.75, 3.05) is 7.05 Å². The van der Waals surface area contributed by atoms with Crippen LogP contribution in [0.25, 0.3) is 0 Å². The van der Waals surface area contributed by atoms with Gasteiger partial charge >= 0.3 is 6.09 Å². The maximum absolute atomic E-state index is 11.5. The highest BCUT2D eigenvalue weighted by atomic mass is 16.6. The Labute approximate surface area is 86.7 Å². The van der Waals surface area contributed by atoms with Crippen LogP contribution in [0.3, 0.4) is 0 Å². The minimum absolute atomic E-state index is 0.337. The van der Waals surface area contributed by atoms with Gasteiger partial charge in [0.05, 0.1) is 0 Å². The summed E-state index contributed by atoms with van der Waals surface area (Å²) in [5.74, 6) is 0. The van der Waals surface area contributed by atoms with Crippen LogP contribution < -0.4 is 0 Å². The van der Waals surface area contributed by atoms with Crippen molar-refractivity contribution in [2.24, 2.45) is 0 Å². The molecule has 0 rings (SSSR count). The summed E-state index contributed by atoms with van der Waals surface area (Å²) in [6.45, 7) is 11.4. The Bertz CT molecular complexity index is 216. The lowest BCUT2D eigenvalue weighted by atomic mass is 10.2. The molecule has 1 amide bonds. The molecule has 0 aliphatic rings. The van der Waals surface area contributed by atoms with Crippen LogP contribution in [0.5, 0.6) is 0 Å². The van der Waals surface area contributed by atoms with Gasteiger partial charge in [0, 0.05) is 12.7 Å².